The van der Waals surface area contributed by atoms with Crippen LogP contribution in [0.5, 0.6) is 0 Å². The van der Waals surface area contributed by atoms with Gasteiger partial charge < -0.3 is 11.5 Å². The molecule has 18 heavy (non-hydrogen) atoms. The van der Waals surface area contributed by atoms with E-state index in [9.17, 15) is 0 Å². The van der Waals surface area contributed by atoms with Crippen molar-refractivity contribution in [2.45, 2.75) is 27.7 Å². The Morgan fingerprint density at radius 3 is 1.50 bits per heavy atom. The predicted octanol–water partition coefficient (Wildman–Crippen LogP) is 3.77. The van der Waals surface area contributed by atoms with Crippen molar-refractivity contribution in [3.05, 3.63) is 58.7 Å². The number of nitrogens with two attached hydrogens (primary N) is 2. The summed E-state index contributed by atoms with van der Waals surface area (Å²) in [5.74, 6) is 0. The van der Waals surface area contributed by atoms with Gasteiger partial charge in [-0.2, -0.15) is 0 Å². The molecule has 2 nitrogen and oxygen atoms in total. The Balaban J connectivity index is 0.000000180. The van der Waals surface area contributed by atoms with Crippen molar-refractivity contribution >= 4 is 11.4 Å². The van der Waals surface area contributed by atoms with E-state index in [2.05, 4.69) is 13.0 Å². The number of rotatable bonds is 0. The summed E-state index contributed by atoms with van der Waals surface area (Å²) < 4.78 is 0. The molecule has 96 valence electrons. The zero-order valence-corrected chi connectivity index (χ0v) is 11.6. The topological polar surface area (TPSA) is 52.0 Å². The zero-order chi connectivity index (χ0) is 13.7. The Bertz CT molecular complexity index is 441. The molecule has 0 unspecified atom stereocenters. The summed E-state index contributed by atoms with van der Waals surface area (Å²) >= 11 is 0. The van der Waals surface area contributed by atoms with Crippen molar-refractivity contribution in [1.29, 1.82) is 0 Å². The molecule has 0 atom stereocenters. The molecule has 2 aromatic carbocycles. The summed E-state index contributed by atoms with van der Waals surface area (Å²) in [6, 6.07) is 12.0. The first kappa shape index (κ1) is 14.1. The maximum atomic E-state index is 5.68. The highest BCUT2D eigenvalue weighted by Gasteiger charge is 1.93. The van der Waals surface area contributed by atoms with Crippen LogP contribution in [0.3, 0.4) is 0 Å². The lowest BCUT2D eigenvalue weighted by atomic mass is 10.1. The molecule has 0 aliphatic carbocycles. The van der Waals surface area contributed by atoms with Crippen molar-refractivity contribution in [3.63, 3.8) is 0 Å². The molecule has 0 aliphatic heterocycles. The van der Waals surface area contributed by atoms with Gasteiger partial charge in [0.2, 0.25) is 0 Å². The number of benzene rings is 2. The normalized spacial score (nSPS) is 9.56. The van der Waals surface area contributed by atoms with Gasteiger partial charge in [0.15, 0.2) is 0 Å². The monoisotopic (exact) mass is 242 g/mol. The van der Waals surface area contributed by atoms with Crippen molar-refractivity contribution in [2.75, 3.05) is 11.5 Å². The molecule has 2 rings (SSSR count). The summed E-state index contributed by atoms with van der Waals surface area (Å²) in [5.41, 5.74) is 17.9. The van der Waals surface area contributed by atoms with Gasteiger partial charge in [0.25, 0.3) is 0 Å². The molecule has 2 heteroatoms. The van der Waals surface area contributed by atoms with Gasteiger partial charge in [-0.1, -0.05) is 30.3 Å². The second-order valence-electron chi connectivity index (χ2n) is 4.59. The van der Waals surface area contributed by atoms with Crippen LogP contribution in [0.4, 0.5) is 11.4 Å². The Kier molecular flexibility index (Phi) is 4.78. The van der Waals surface area contributed by atoms with Gasteiger partial charge in [0.05, 0.1) is 0 Å². The van der Waals surface area contributed by atoms with E-state index < -0.39 is 0 Å². The van der Waals surface area contributed by atoms with Crippen molar-refractivity contribution < 1.29 is 0 Å². The molecule has 0 radical (unpaired) electrons. The standard InChI is InChI=1S/2C8H11N/c1-6-4-3-5-8(9)7(6)2;1-6-4-3-5-7(2)8(6)9/h2*3-5H,9H2,1-2H3. The van der Waals surface area contributed by atoms with E-state index in [4.69, 9.17) is 11.5 Å². The maximum absolute atomic E-state index is 5.68. The number of anilines is 2. The fourth-order valence-corrected chi connectivity index (χ4v) is 1.60. The molecular weight excluding hydrogens is 220 g/mol. The van der Waals surface area contributed by atoms with Crippen LogP contribution >= 0.6 is 0 Å². The first-order valence-corrected chi connectivity index (χ1v) is 6.07. The van der Waals surface area contributed by atoms with Gasteiger partial charge in [-0.25, -0.2) is 0 Å². The Labute approximate surface area is 110 Å². The summed E-state index contributed by atoms with van der Waals surface area (Å²) in [4.78, 5) is 0. The third kappa shape index (κ3) is 3.52. The SMILES string of the molecule is Cc1cccc(C)c1N.Cc1cccc(N)c1C. The molecule has 0 saturated carbocycles. The lowest BCUT2D eigenvalue weighted by Gasteiger charge is -2.00. The fraction of sp³-hybridized carbons (Fsp3) is 0.250. The first-order chi connectivity index (χ1) is 8.43. The highest BCUT2D eigenvalue weighted by molar-refractivity contribution is 5.52. The summed E-state index contributed by atoms with van der Waals surface area (Å²) in [6.07, 6.45) is 0. The quantitative estimate of drug-likeness (QED) is 0.691. The predicted molar refractivity (Wildman–Crippen MR) is 80.7 cm³/mol. The first-order valence-electron chi connectivity index (χ1n) is 6.07. The second-order valence-corrected chi connectivity index (χ2v) is 4.59. The van der Waals surface area contributed by atoms with Gasteiger partial charge in [0, 0.05) is 11.4 Å². The lowest BCUT2D eigenvalue weighted by molar-refractivity contribution is 1.35. The van der Waals surface area contributed by atoms with Crippen LogP contribution in [-0.4, -0.2) is 0 Å². The van der Waals surface area contributed by atoms with Crippen LogP contribution in [0.2, 0.25) is 0 Å². The van der Waals surface area contributed by atoms with Crippen LogP contribution in [-0.2, 0) is 0 Å². The van der Waals surface area contributed by atoms with E-state index in [1.54, 1.807) is 0 Å². The van der Waals surface area contributed by atoms with E-state index in [0.29, 0.717) is 0 Å². The summed E-state index contributed by atoms with van der Waals surface area (Å²) in [7, 11) is 0. The minimum absolute atomic E-state index is 0.884. The largest absolute Gasteiger partial charge is 0.399 e. The van der Waals surface area contributed by atoms with Gasteiger partial charge in [0.1, 0.15) is 0 Å². The molecular formula is C16H22N2. The van der Waals surface area contributed by atoms with Gasteiger partial charge in [-0.15, -0.1) is 0 Å². The molecule has 0 aromatic heterocycles. The Hall–Kier alpha value is -1.96. The average molecular weight is 242 g/mol. The lowest BCUT2D eigenvalue weighted by Crippen LogP contribution is -1.91. The smallest absolute Gasteiger partial charge is 0.0373 e. The van der Waals surface area contributed by atoms with Crippen molar-refractivity contribution in [1.82, 2.24) is 0 Å². The van der Waals surface area contributed by atoms with Crippen LogP contribution < -0.4 is 11.5 Å². The number of hydrogen-bond acceptors (Lipinski definition) is 2. The number of para-hydroxylation sites is 1. The van der Waals surface area contributed by atoms with Gasteiger partial charge in [-0.3, -0.25) is 0 Å². The van der Waals surface area contributed by atoms with E-state index in [1.165, 1.54) is 11.1 Å². The minimum Gasteiger partial charge on any atom is -0.399 e. The molecule has 0 aliphatic rings. The second kappa shape index (κ2) is 6.10. The van der Waals surface area contributed by atoms with Crippen LogP contribution in [0.1, 0.15) is 22.3 Å². The van der Waals surface area contributed by atoms with E-state index >= 15 is 0 Å². The maximum Gasteiger partial charge on any atom is 0.0373 e. The highest BCUT2D eigenvalue weighted by atomic mass is 14.6. The van der Waals surface area contributed by atoms with E-state index in [0.717, 1.165) is 22.5 Å². The summed E-state index contributed by atoms with van der Waals surface area (Å²) in [6.45, 7) is 8.13. The Morgan fingerprint density at radius 2 is 1.11 bits per heavy atom. The molecule has 0 fully saturated rings. The molecule has 0 heterocycles. The zero-order valence-electron chi connectivity index (χ0n) is 11.6. The highest BCUT2D eigenvalue weighted by Crippen LogP contribution is 2.14. The molecule has 4 N–H and O–H groups in total. The van der Waals surface area contributed by atoms with E-state index in [1.807, 2.05) is 51.1 Å². The third-order valence-electron chi connectivity index (χ3n) is 3.19. The Morgan fingerprint density at radius 1 is 0.667 bits per heavy atom. The van der Waals surface area contributed by atoms with Crippen LogP contribution in [0.25, 0.3) is 0 Å². The average Bonchev–Trinajstić information content (AvgIpc) is 2.34. The van der Waals surface area contributed by atoms with Crippen molar-refractivity contribution in [3.8, 4) is 0 Å². The van der Waals surface area contributed by atoms with Crippen LogP contribution in [0, 0.1) is 27.7 Å². The van der Waals surface area contributed by atoms with Gasteiger partial charge in [-0.05, 0) is 56.0 Å². The molecule has 0 amide bonds. The fourth-order valence-electron chi connectivity index (χ4n) is 1.60. The third-order valence-corrected chi connectivity index (χ3v) is 3.19. The number of aryl methyl sites for hydroxylation is 3. The summed E-state index contributed by atoms with van der Waals surface area (Å²) in [5, 5.41) is 0. The number of nitrogen functional groups attached to an aromatic ring is 2. The molecule has 0 spiro atoms. The molecule has 0 saturated heterocycles. The minimum atomic E-state index is 0.884. The van der Waals surface area contributed by atoms with Crippen molar-refractivity contribution in [2.24, 2.45) is 0 Å². The van der Waals surface area contributed by atoms with E-state index in [-0.39, 0.29) is 0 Å². The van der Waals surface area contributed by atoms with Gasteiger partial charge >= 0.3 is 0 Å². The number of hydrogen-bond donors (Lipinski definition) is 2. The molecule has 2 aromatic rings. The van der Waals surface area contributed by atoms with Crippen LogP contribution in [0.15, 0.2) is 36.4 Å². The molecule has 0 bridgehead atoms.